The van der Waals surface area contributed by atoms with Crippen LogP contribution in [0.15, 0.2) is 47.0 Å². The van der Waals surface area contributed by atoms with Crippen LogP contribution in [0.2, 0.25) is 0 Å². The minimum atomic E-state index is -2.28. The molecule has 154 valence electrons. The second-order valence-corrected chi connectivity index (χ2v) is 10.7. The van der Waals surface area contributed by atoms with Crippen LogP contribution in [0.4, 0.5) is 10.2 Å². The van der Waals surface area contributed by atoms with Crippen LogP contribution < -0.4 is 0 Å². The molecule has 3 heterocycles. The average Bonchev–Trinajstić information content (AvgIpc) is 3.35. The van der Waals surface area contributed by atoms with Gasteiger partial charge in [0.2, 0.25) is 0 Å². The van der Waals surface area contributed by atoms with Crippen molar-refractivity contribution in [1.82, 2.24) is 15.2 Å². The summed E-state index contributed by atoms with van der Waals surface area (Å²) in [4.78, 5) is 4.93. The molecular weight excluding hydrogens is 399 g/mol. The number of pyridine rings is 1. The van der Waals surface area contributed by atoms with Crippen LogP contribution in [0.3, 0.4) is 0 Å². The maximum atomic E-state index is 13.6. The van der Waals surface area contributed by atoms with E-state index in [1.165, 1.54) is 12.1 Å². The summed E-state index contributed by atoms with van der Waals surface area (Å²) in [7, 11) is -2.28. The zero-order chi connectivity index (χ0) is 20.9. The molecule has 2 aromatic heterocycles. The van der Waals surface area contributed by atoms with Crippen LogP contribution in [0.5, 0.6) is 0 Å². The number of fused-ring (bicyclic) bond motifs is 2. The molecule has 1 saturated heterocycles. The van der Waals surface area contributed by atoms with Crippen molar-refractivity contribution in [3.63, 3.8) is 0 Å². The van der Waals surface area contributed by atoms with Crippen LogP contribution in [-0.4, -0.2) is 30.9 Å². The highest BCUT2D eigenvalue weighted by Crippen LogP contribution is 2.41. The van der Waals surface area contributed by atoms with E-state index in [2.05, 4.69) is 30.1 Å². The fourth-order valence-corrected chi connectivity index (χ4v) is 6.32. The first-order valence-corrected chi connectivity index (χ1v) is 12.1. The van der Waals surface area contributed by atoms with Gasteiger partial charge in [0.1, 0.15) is 5.82 Å². The molecule has 1 fully saturated rings. The van der Waals surface area contributed by atoms with Crippen molar-refractivity contribution in [2.45, 2.75) is 32.6 Å². The van der Waals surface area contributed by atoms with Gasteiger partial charge in [-0.1, -0.05) is 26.0 Å². The smallest absolute Gasteiger partial charge is 0.169 e. The van der Waals surface area contributed by atoms with Crippen molar-refractivity contribution in [1.29, 1.82) is 0 Å². The molecule has 1 N–H and O–H groups in total. The largest absolute Gasteiger partial charge is 0.278 e. The third-order valence-corrected chi connectivity index (χ3v) is 8.04. The molecule has 1 aliphatic heterocycles. The van der Waals surface area contributed by atoms with Crippen LogP contribution in [-0.2, 0) is 9.73 Å². The number of hydrogen-bond acceptors (Lipinski definition) is 4. The van der Waals surface area contributed by atoms with Gasteiger partial charge in [0, 0.05) is 27.8 Å². The van der Waals surface area contributed by atoms with Crippen molar-refractivity contribution < 1.29 is 8.60 Å². The molecule has 0 bridgehead atoms. The number of aromatic nitrogens is 3. The Morgan fingerprint density at radius 1 is 1.10 bits per heavy atom. The average molecular weight is 423 g/mol. The zero-order valence-electron chi connectivity index (χ0n) is 17.0. The van der Waals surface area contributed by atoms with E-state index < -0.39 is 9.73 Å². The maximum absolute atomic E-state index is 13.6. The summed E-state index contributed by atoms with van der Waals surface area (Å²) in [6, 6.07) is 10.6. The van der Waals surface area contributed by atoms with Crippen LogP contribution in [0.25, 0.3) is 32.8 Å². The Kier molecular flexibility index (Phi) is 4.58. The number of nitrogens with zero attached hydrogens (tertiary/aromatic N) is 3. The molecule has 7 heteroatoms. The fourth-order valence-electron chi connectivity index (χ4n) is 4.16. The lowest BCUT2D eigenvalue weighted by Crippen LogP contribution is -2.03. The van der Waals surface area contributed by atoms with Gasteiger partial charge in [0.25, 0.3) is 0 Å². The van der Waals surface area contributed by atoms with Crippen molar-refractivity contribution in [3.8, 4) is 11.1 Å². The van der Waals surface area contributed by atoms with Crippen LogP contribution in [0, 0.1) is 5.82 Å². The van der Waals surface area contributed by atoms with Crippen molar-refractivity contribution >= 4 is 37.2 Å². The summed E-state index contributed by atoms with van der Waals surface area (Å²) < 4.78 is 31.5. The Morgan fingerprint density at radius 3 is 2.53 bits per heavy atom. The molecule has 0 amide bonds. The Balaban J connectivity index is 1.91. The van der Waals surface area contributed by atoms with Crippen LogP contribution >= 0.6 is 0 Å². The number of nitrogens with one attached hydrogen (secondary N) is 1. The lowest BCUT2D eigenvalue weighted by atomic mass is 9.92. The van der Waals surface area contributed by atoms with Gasteiger partial charge in [-0.3, -0.25) is 5.10 Å². The topological polar surface area (TPSA) is 71.0 Å². The molecule has 0 radical (unpaired) electrons. The number of halogens is 1. The molecule has 1 aliphatic rings. The first-order chi connectivity index (χ1) is 14.4. The molecule has 30 heavy (non-hydrogen) atoms. The lowest BCUT2D eigenvalue weighted by Gasteiger charge is -2.17. The fraction of sp³-hybridized carbons (Fsp3) is 0.304. The quantitative estimate of drug-likeness (QED) is 0.444. The van der Waals surface area contributed by atoms with Gasteiger partial charge in [-0.25, -0.2) is 13.6 Å². The molecule has 0 spiro atoms. The van der Waals surface area contributed by atoms with Gasteiger partial charge in [-0.2, -0.15) is 9.46 Å². The summed E-state index contributed by atoms with van der Waals surface area (Å²) in [5.41, 5.74) is 3.61. The minimum absolute atomic E-state index is 0.115. The first kappa shape index (κ1) is 19.2. The van der Waals surface area contributed by atoms with E-state index in [0.717, 1.165) is 51.3 Å². The molecule has 5 rings (SSSR count). The van der Waals surface area contributed by atoms with Crippen molar-refractivity contribution in [3.05, 3.63) is 54.1 Å². The molecule has 0 atom stereocenters. The highest BCUT2D eigenvalue weighted by atomic mass is 32.2. The van der Waals surface area contributed by atoms with E-state index in [9.17, 15) is 8.60 Å². The van der Waals surface area contributed by atoms with Gasteiger partial charge >= 0.3 is 0 Å². The number of aromatic amines is 1. The normalized spacial score (nSPS) is 16.0. The Bertz CT molecular complexity index is 1370. The van der Waals surface area contributed by atoms with E-state index in [4.69, 9.17) is 9.35 Å². The Labute approximate surface area is 174 Å². The third-order valence-electron chi connectivity index (χ3n) is 5.68. The summed E-state index contributed by atoms with van der Waals surface area (Å²) in [5, 5.41) is 9.95. The first-order valence-electron chi connectivity index (χ1n) is 10.2. The number of hydrogen-bond donors (Lipinski definition) is 1. The number of rotatable bonds is 3. The highest BCUT2D eigenvalue weighted by Gasteiger charge is 2.22. The molecule has 4 aromatic rings. The SMILES string of the molecule is CC(C)c1nc(N=S2(=O)CCCC2)c2cc3[nH]ncc3cc2c1-c1ccc(F)cc1. The zero-order valence-corrected chi connectivity index (χ0v) is 17.8. The van der Waals surface area contributed by atoms with Gasteiger partial charge in [0.15, 0.2) is 5.82 Å². The number of benzene rings is 2. The van der Waals surface area contributed by atoms with Crippen LogP contribution in [0.1, 0.15) is 38.3 Å². The van der Waals surface area contributed by atoms with Gasteiger partial charge in [0.05, 0.1) is 27.1 Å². The van der Waals surface area contributed by atoms with Gasteiger partial charge < -0.3 is 0 Å². The monoisotopic (exact) mass is 422 g/mol. The number of H-pyrrole nitrogens is 1. The molecular formula is C23H23FN4OS. The van der Waals surface area contributed by atoms with Crippen molar-refractivity contribution in [2.75, 3.05) is 11.5 Å². The Hall–Kier alpha value is -2.80. The van der Waals surface area contributed by atoms with E-state index >= 15 is 0 Å². The molecule has 5 nitrogen and oxygen atoms in total. The third kappa shape index (κ3) is 3.27. The van der Waals surface area contributed by atoms with E-state index in [-0.39, 0.29) is 11.7 Å². The maximum Gasteiger partial charge on any atom is 0.169 e. The van der Waals surface area contributed by atoms with E-state index in [1.54, 1.807) is 18.3 Å². The molecule has 0 unspecified atom stereocenters. The standard InChI is InChI=1S/C23H23FN4OS/c1-14(2)22-21(15-5-7-17(24)8-6-15)18-11-16-13-25-27-20(16)12-19(18)23(26-22)28-30(29)9-3-4-10-30/h5-8,11-14H,3-4,9-10H2,1-2H3,(H,25,27). The van der Waals surface area contributed by atoms with E-state index in [0.29, 0.717) is 17.3 Å². The summed E-state index contributed by atoms with van der Waals surface area (Å²) in [6.45, 7) is 4.16. The summed E-state index contributed by atoms with van der Waals surface area (Å²) in [6.07, 6.45) is 3.67. The van der Waals surface area contributed by atoms with Gasteiger partial charge in [-0.15, -0.1) is 0 Å². The summed E-state index contributed by atoms with van der Waals surface area (Å²) >= 11 is 0. The predicted octanol–water partition coefficient (Wildman–Crippen LogP) is 5.93. The predicted molar refractivity (Wildman–Crippen MR) is 120 cm³/mol. The minimum Gasteiger partial charge on any atom is -0.278 e. The van der Waals surface area contributed by atoms with Gasteiger partial charge in [-0.05, 0) is 54.0 Å². The molecule has 2 aromatic carbocycles. The van der Waals surface area contributed by atoms with E-state index in [1.807, 2.05) is 6.07 Å². The second kappa shape index (κ2) is 7.16. The second-order valence-electron chi connectivity index (χ2n) is 8.19. The highest BCUT2D eigenvalue weighted by molar-refractivity contribution is 7.93. The van der Waals surface area contributed by atoms with Crippen molar-refractivity contribution in [2.24, 2.45) is 4.36 Å². The molecule has 0 saturated carbocycles. The lowest BCUT2D eigenvalue weighted by molar-refractivity contribution is 0.628. The molecule has 0 aliphatic carbocycles. The summed E-state index contributed by atoms with van der Waals surface area (Å²) in [5.74, 6) is 1.62. The Morgan fingerprint density at radius 2 is 1.83 bits per heavy atom.